The van der Waals surface area contributed by atoms with Gasteiger partial charge in [0.25, 0.3) is 11.8 Å². The smallest absolute Gasteiger partial charge is 0.416 e. The summed E-state index contributed by atoms with van der Waals surface area (Å²) in [6.07, 6.45) is -3.45. The lowest BCUT2D eigenvalue weighted by molar-refractivity contribution is -0.145. The molecule has 2 rings (SSSR count). The molecule has 0 spiro atoms. The van der Waals surface area contributed by atoms with E-state index in [1.54, 1.807) is 32.7 Å². The van der Waals surface area contributed by atoms with Crippen molar-refractivity contribution in [3.8, 4) is 5.75 Å². The third-order valence-electron chi connectivity index (χ3n) is 6.68. The van der Waals surface area contributed by atoms with E-state index in [0.717, 1.165) is 12.1 Å². The Bertz CT molecular complexity index is 1110. The van der Waals surface area contributed by atoms with Crippen LogP contribution in [0.2, 0.25) is 0 Å². The second-order valence-electron chi connectivity index (χ2n) is 12.2. The van der Waals surface area contributed by atoms with Crippen LogP contribution in [0.4, 0.5) is 13.2 Å². The van der Waals surface area contributed by atoms with Crippen LogP contribution in [0.3, 0.4) is 0 Å². The molecule has 1 heterocycles. The zero-order chi connectivity index (χ0) is 31.3. The highest BCUT2D eigenvalue weighted by molar-refractivity contribution is 6.00. The van der Waals surface area contributed by atoms with Gasteiger partial charge in [0.05, 0.1) is 11.1 Å². The number of carbonyl (C=O) groups is 4. The molecule has 0 aromatic heterocycles. The van der Waals surface area contributed by atoms with Crippen molar-refractivity contribution in [3.05, 3.63) is 29.3 Å². The minimum Gasteiger partial charge on any atom is -0.483 e. The standard InChI is InChI=1S/C29H43F3N4O5/c1-17(2)14-21(26(39)36-13-9-10-22(36)27(40)35(8)18(3)4)33-25(38)20-15-19(29(30,31)32)11-12-23(20)41-16-24(37)34-28(5,6)7/h11-12,15,17-18,21-22H,9-10,13-14,16H2,1-8H3,(H,33,38)(H,34,37). The first-order valence-electron chi connectivity index (χ1n) is 13.8. The van der Waals surface area contributed by atoms with Gasteiger partial charge in [0.2, 0.25) is 11.8 Å². The van der Waals surface area contributed by atoms with Crippen LogP contribution in [0.25, 0.3) is 0 Å². The van der Waals surface area contributed by atoms with Crippen molar-refractivity contribution < 1.29 is 37.1 Å². The van der Waals surface area contributed by atoms with Crippen LogP contribution < -0.4 is 15.4 Å². The minimum absolute atomic E-state index is 0.0577. The van der Waals surface area contributed by atoms with Crippen LogP contribution >= 0.6 is 0 Å². The normalized spacial score (nSPS) is 16.5. The molecule has 0 aliphatic carbocycles. The van der Waals surface area contributed by atoms with Gasteiger partial charge in [-0.2, -0.15) is 13.2 Å². The summed E-state index contributed by atoms with van der Waals surface area (Å²) in [4.78, 5) is 55.5. The highest BCUT2D eigenvalue weighted by Gasteiger charge is 2.40. The summed E-state index contributed by atoms with van der Waals surface area (Å²) in [5.41, 5.74) is -2.11. The van der Waals surface area contributed by atoms with E-state index in [9.17, 15) is 32.3 Å². The lowest BCUT2D eigenvalue weighted by Gasteiger charge is -2.33. The third-order valence-corrected chi connectivity index (χ3v) is 6.68. The second kappa shape index (κ2) is 13.6. The van der Waals surface area contributed by atoms with Crippen molar-refractivity contribution in [2.24, 2.45) is 5.92 Å². The van der Waals surface area contributed by atoms with Gasteiger partial charge in [-0.25, -0.2) is 0 Å². The fourth-order valence-electron chi connectivity index (χ4n) is 4.51. The quantitative estimate of drug-likeness (QED) is 0.432. The van der Waals surface area contributed by atoms with Crippen molar-refractivity contribution in [1.29, 1.82) is 0 Å². The number of hydrogen-bond acceptors (Lipinski definition) is 5. The molecule has 41 heavy (non-hydrogen) atoms. The van der Waals surface area contributed by atoms with Gasteiger partial charge >= 0.3 is 6.18 Å². The van der Waals surface area contributed by atoms with Crippen molar-refractivity contribution in [1.82, 2.24) is 20.4 Å². The minimum atomic E-state index is -4.74. The van der Waals surface area contributed by atoms with Crippen molar-refractivity contribution >= 4 is 23.6 Å². The number of carbonyl (C=O) groups excluding carboxylic acids is 4. The molecule has 0 radical (unpaired) electrons. The van der Waals surface area contributed by atoms with Gasteiger partial charge in [-0.3, -0.25) is 19.2 Å². The van der Waals surface area contributed by atoms with Gasteiger partial charge in [-0.15, -0.1) is 0 Å². The first-order chi connectivity index (χ1) is 18.8. The molecular weight excluding hydrogens is 541 g/mol. The predicted octanol–water partition coefficient (Wildman–Crippen LogP) is 4.00. The van der Waals surface area contributed by atoms with E-state index in [2.05, 4.69) is 10.6 Å². The molecular formula is C29H43F3N4O5. The van der Waals surface area contributed by atoms with Crippen molar-refractivity contribution in [2.75, 3.05) is 20.2 Å². The number of benzene rings is 1. The van der Waals surface area contributed by atoms with Crippen LogP contribution in [0.5, 0.6) is 5.75 Å². The van der Waals surface area contributed by atoms with Gasteiger partial charge < -0.3 is 25.2 Å². The third kappa shape index (κ3) is 9.64. The second-order valence-corrected chi connectivity index (χ2v) is 12.2. The topological polar surface area (TPSA) is 108 Å². The van der Waals surface area contributed by atoms with Crippen LogP contribution in [-0.2, 0) is 20.6 Å². The van der Waals surface area contributed by atoms with Gasteiger partial charge in [0, 0.05) is 25.2 Å². The summed E-state index contributed by atoms with van der Waals surface area (Å²) in [7, 11) is 1.66. The Morgan fingerprint density at radius 3 is 2.27 bits per heavy atom. The Morgan fingerprint density at radius 2 is 1.73 bits per heavy atom. The number of amides is 4. The molecule has 1 aliphatic heterocycles. The van der Waals surface area contributed by atoms with Gasteiger partial charge in [0.15, 0.2) is 6.61 Å². The molecule has 0 bridgehead atoms. The molecule has 4 amide bonds. The number of hydrogen-bond donors (Lipinski definition) is 2. The highest BCUT2D eigenvalue weighted by Crippen LogP contribution is 2.33. The molecule has 12 heteroatoms. The van der Waals surface area contributed by atoms with E-state index in [1.807, 2.05) is 27.7 Å². The number of likely N-dealkylation sites (tertiary alicyclic amines) is 1. The average Bonchev–Trinajstić information content (AvgIpc) is 3.33. The number of nitrogens with one attached hydrogen (secondary N) is 2. The Balaban J connectivity index is 2.36. The Morgan fingerprint density at radius 1 is 1.10 bits per heavy atom. The number of alkyl halides is 3. The fourth-order valence-corrected chi connectivity index (χ4v) is 4.51. The SMILES string of the molecule is CC(C)CC(NC(=O)c1cc(C(F)(F)F)ccc1OCC(=O)NC(C)(C)C)C(=O)N1CCCC1C(=O)N(C)C(C)C. The maximum atomic E-state index is 13.7. The zero-order valence-electron chi connectivity index (χ0n) is 25.1. The molecule has 1 aromatic rings. The van der Waals surface area contributed by atoms with Crippen LogP contribution in [0.1, 0.15) is 83.7 Å². The zero-order valence-corrected chi connectivity index (χ0v) is 25.1. The van der Waals surface area contributed by atoms with E-state index in [-0.39, 0.29) is 30.0 Å². The largest absolute Gasteiger partial charge is 0.483 e. The highest BCUT2D eigenvalue weighted by atomic mass is 19.4. The summed E-state index contributed by atoms with van der Waals surface area (Å²) in [5.74, 6) is -2.45. The first kappa shape index (κ1) is 33.9. The number of nitrogens with zero attached hydrogens (tertiary/aromatic N) is 2. The molecule has 1 aromatic carbocycles. The molecule has 1 saturated heterocycles. The van der Waals surface area contributed by atoms with Crippen LogP contribution in [-0.4, -0.2) is 77.3 Å². The number of ether oxygens (including phenoxy) is 1. The van der Waals surface area contributed by atoms with E-state index < -0.39 is 59.3 Å². The monoisotopic (exact) mass is 584 g/mol. The van der Waals surface area contributed by atoms with Crippen LogP contribution in [0.15, 0.2) is 18.2 Å². The fraction of sp³-hybridized carbons (Fsp3) is 0.655. The maximum absolute atomic E-state index is 13.7. The number of likely N-dealkylation sites (N-methyl/N-ethyl adjacent to an activating group) is 1. The first-order valence-corrected chi connectivity index (χ1v) is 13.8. The van der Waals surface area contributed by atoms with Crippen molar-refractivity contribution in [3.63, 3.8) is 0 Å². The summed E-state index contributed by atoms with van der Waals surface area (Å²) in [5, 5.41) is 5.27. The van der Waals surface area contributed by atoms with Crippen molar-refractivity contribution in [2.45, 2.75) is 97.6 Å². The van der Waals surface area contributed by atoms with Crippen LogP contribution in [0, 0.1) is 5.92 Å². The molecule has 0 saturated carbocycles. The van der Waals surface area contributed by atoms with Gasteiger partial charge in [-0.05, 0) is 78.0 Å². The van der Waals surface area contributed by atoms with E-state index in [4.69, 9.17) is 4.74 Å². The molecule has 1 aliphatic rings. The lowest BCUT2D eigenvalue weighted by Crippen LogP contribution is -2.54. The summed E-state index contributed by atoms with van der Waals surface area (Å²) >= 11 is 0. The average molecular weight is 585 g/mol. The van der Waals surface area contributed by atoms with Gasteiger partial charge in [-0.1, -0.05) is 13.8 Å². The molecule has 9 nitrogen and oxygen atoms in total. The predicted molar refractivity (Wildman–Crippen MR) is 148 cm³/mol. The molecule has 230 valence electrons. The molecule has 2 unspecified atom stereocenters. The maximum Gasteiger partial charge on any atom is 0.416 e. The Hall–Kier alpha value is -3.31. The molecule has 1 fully saturated rings. The molecule has 2 N–H and O–H groups in total. The van der Waals surface area contributed by atoms with E-state index in [0.29, 0.717) is 25.5 Å². The summed E-state index contributed by atoms with van der Waals surface area (Å²) in [6.45, 7) is 12.5. The molecule has 2 atom stereocenters. The number of halogens is 3. The van der Waals surface area contributed by atoms with E-state index in [1.165, 1.54) is 4.90 Å². The van der Waals surface area contributed by atoms with Gasteiger partial charge in [0.1, 0.15) is 17.8 Å². The lowest BCUT2D eigenvalue weighted by atomic mass is 10.0. The summed E-state index contributed by atoms with van der Waals surface area (Å²) < 4.78 is 46.1. The van der Waals surface area contributed by atoms with E-state index >= 15 is 0 Å². The number of rotatable bonds is 10. The summed E-state index contributed by atoms with van der Waals surface area (Å²) in [6, 6.07) is 0.537. The Labute approximate surface area is 240 Å². The Kier molecular flexibility index (Phi) is 11.2.